The molecule has 1 aromatic heterocycles. The van der Waals surface area contributed by atoms with Gasteiger partial charge < -0.3 is 5.32 Å². The van der Waals surface area contributed by atoms with Gasteiger partial charge in [0, 0.05) is 24.8 Å². The topological polar surface area (TPSA) is 37.8 Å². The molecule has 3 nitrogen and oxygen atoms in total. The van der Waals surface area contributed by atoms with Crippen LogP contribution in [0.25, 0.3) is 0 Å². The smallest absolute Gasteiger partial charge is 0.222 e. The zero-order valence-corrected chi connectivity index (χ0v) is 11.1. The lowest BCUT2D eigenvalue weighted by Gasteiger charge is -2.30. The Bertz CT molecular complexity index is 339. The van der Waals surface area contributed by atoms with Crippen molar-refractivity contribution in [2.45, 2.75) is 32.6 Å². The molecule has 17 heavy (non-hydrogen) atoms. The molecule has 1 saturated carbocycles. The molecule has 2 atom stereocenters. The highest BCUT2D eigenvalue weighted by atomic mass is 35.5. The summed E-state index contributed by atoms with van der Waals surface area (Å²) in [7, 11) is 0. The van der Waals surface area contributed by atoms with Crippen molar-refractivity contribution in [1.82, 2.24) is 9.97 Å². The van der Waals surface area contributed by atoms with E-state index < -0.39 is 0 Å². The molecule has 0 bridgehead atoms. The van der Waals surface area contributed by atoms with Crippen molar-refractivity contribution in [3.63, 3.8) is 0 Å². The molecule has 1 aliphatic rings. The van der Waals surface area contributed by atoms with Crippen LogP contribution in [0.15, 0.2) is 12.4 Å². The first-order valence-electron chi connectivity index (χ1n) is 6.38. The minimum absolute atomic E-state index is 0.656. The second-order valence-corrected chi connectivity index (χ2v) is 5.23. The summed E-state index contributed by atoms with van der Waals surface area (Å²) in [5.41, 5.74) is 1.09. The second kappa shape index (κ2) is 6.20. The molecular weight excluding hydrogens is 234 g/mol. The Hall–Kier alpha value is -0.830. The van der Waals surface area contributed by atoms with Gasteiger partial charge in [-0.25, -0.2) is 9.97 Å². The Kier molecular flexibility index (Phi) is 4.60. The highest BCUT2D eigenvalue weighted by Gasteiger charge is 2.24. The fourth-order valence-corrected chi connectivity index (χ4v) is 2.87. The van der Waals surface area contributed by atoms with Crippen molar-refractivity contribution in [2.24, 2.45) is 11.8 Å². The molecule has 94 valence electrons. The molecule has 0 aromatic carbocycles. The Labute approximate surface area is 108 Å². The van der Waals surface area contributed by atoms with Crippen molar-refractivity contribution < 1.29 is 0 Å². The summed E-state index contributed by atoms with van der Waals surface area (Å²) in [6.45, 7) is 2.94. The summed E-state index contributed by atoms with van der Waals surface area (Å²) in [5, 5.41) is 3.33. The summed E-state index contributed by atoms with van der Waals surface area (Å²) in [5.74, 6) is 2.84. The predicted molar refractivity (Wildman–Crippen MR) is 71.4 cm³/mol. The number of nitrogens with zero attached hydrogens (tertiary/aromatic N) is 2. The van der Waals surface area contributed by atoms with Crippen LogP contribution in [-0.4, -0.2) is 22.4 Å². The van der Waals surface area contributed by atoms with Crippen LogP contribution in [0.5, 0.6) is 0 Å². The van der Waals surface area contributed by atoms with Gasteiger partial charge in [0.25, 0.3) is 0 Å². The number of rotatable bonds is 4. The Morgan fingerprint density at radius 3 is 2.53 bits per heavy atom. The highest BCUT2D eigenvalue weighted by Crippen LogP contribution is 2.30. The predicted octanol–water partition coefficient (Wildman–Crippen LogP) is 3.24. The molecule has 0 amide bonds. The van der Waals surface area contributed by atoms with E-state index in [2.05, 4.69) is 15.3 Å². The van der Waals surface area contributed by atoms with Gasteiger partial charge in [0.1, 0.15) is 0 Å². The minimum atomic E-state index is 0.656. The lowest BCUT2D eigenvalue weighted by molar-refractivity contribution is 0.271. The molecule has 0 spiro atoms. The molecule has 2 unspecified atom stereocenters. The number of aromatic nitrogens is 2. The van der Waals surface area contributed by atoms with Crippen LogP contribution in [0.1, 0.15) is 31.2 Å². The van der Waals surface area contributed by atoms with Crippen molar-refractivity contribution in [3.05, 3.63) is 18.0 Å². The molecule has 1 N–H and O–H groups in total. The highest BCUT2D eigenvalue weighted by molar-refractivity contribution is 6.18. The lowest BCUT2D eigenvalue weighted by atomic mass is 9.80. The maximum Gasteiger partial charge on any atom is 0.222 e. The SMILES string of the molecule is Cc1cnc(NCC2CCCCC2CCl)nc1. The third kappa shape index (κ3) is 3.56. The van der Waals surface area contributed by atoms with Gasteiger partial charge in [-0.3, -0.25) is 0 Å². The van der Waals surface area contributed by atoms with E-state index in [4.69, 9.17) is 11.6 Å². The molecule has 0 aliphatic heterocycles. The first-order valence-corrected chi connectivity index (χ1v) is 6.91. The van der Waals surface area contributed by atoms with Gasteiger partial charge >= 0.3 is 0 Å². The maximum absolute atomic E-state index is 6.02. The molecule has 2 rings (SSSR count). The standard InChI is InChI=1S/C13H20ClN3/c1-10-7-15-13(16-8-10)17-9-12-5-3-2-4-11(12)6-14/h7-8,11-12H,2-6,9H2,1H3,(H,15,16,17). The number of hydrogen-bond acceptors (Lipinski definition) is 3. The van der Waals surface area contributed by atoms with Crippen LogP contribution in [0.4, 0.5) is 5.95 Å². The average molecular weight is 254 g/mol. The fourth-order valence-electron chi connectivity index (χ4n) is 2.46. The Morgan fingerprint density at radius 2 is 1.88 bits per heavy atom. The van der Waals surface area contributed by atoms with Crippen LogP contribution in [0, 0.1) is 18.8 Å². The Balaban J connectivity index is 1.86. The van der Waals surface area contributed by atoms with Crippen LogP contribution < -0.4 is 5.32 Å². The zero-order valence-electron chi connectivity index (χ0n) is 10.3. The number of anilines is 1. The average Bonchev–Trinajstić information content (AvgIpc) is 2.38. The van der Waals surface area contributed by atoms with E-state index >= 15 is 0 Å². The molecule has 1 fully saturated rings. The van der Waals surface area contributed by atoms with E-state index in [9.17, 15) is 0 Å². The molecule has 1 aromatic rings. The van der Waals surface area contributed by atoms with E-state index in [1.807, 2.05) is 19.3 Å². The van der Waals surface area contributed by atoms with E-state index in [1.165, 1.54) is 25.7 Å². The lowest BCUT2D eigenvalue weighted by Crippen LogP contribution is -2.27. The number of halogens is 1. The zero-order chi connectivity index (χ0) is 12.1. The summed E-state index contributed by atoms with van der Waals surface area (Å²) < 4.78 is 0. The molecule has 0 saturated heterocycles. The van der Waals surface area contributed by atoms with E-state index in [0.717, 1.165) is 23.9 Å². The van der Waals surface area contributed by atoms with Crippen LogP contribution in [0.3, 0.4) is 0 Å². The summed E-state index contributed by atoms with van der Waals surface area (Å²) >= 11 is 6.02. The van der Waals surface area contributed by atoms with Gasteiger partial charge in [0.15, 0.2) is 0 Å². The molecule has 0 radical (unpaired) electrons. The summed E-state index contributed by atoms with van der Waals surface area (Å²) in [6, 6.07) is 0. The van der Waals surface area contributed by atoms with E-state index in [-0.39, 0.29) is 0 Å². The van der Waals surface area contributed by atoms with Crippen molar-refractivity contribution in [2.75, 3.05) is 17.7 Å². The Morgan fingerprint density at radius 1 is 1.24 bits per heavy atom. The molecular formula is C13H20ClN3. The minimum Gasteiger partial charge on any atom is -0.354 e. The van der Waals surface area contributed by atoms with Gasteiger partial charge in [-0.2, -0.15) is 0 Å². The monoisotopic (exact) mass is 253 g/mol. The van der Waals surface area contributed by atoms with Gasteiger partial charge in [-0.05, 0) is 37.2 Å². The second-order valence-electron chi connectivity index (χ2n) is 4.92. The van der Waals surface area contributed by atoms with E-state index in [0.29, 0.717) is 11.8 Å². The van der Waals surface area contributed by atoms with Gasteiger partial charge in [-0.1, -0.05) is 12.8 Å². The third-order valence-corrected chi connectivity index (χ3v) is 3.96. The maximum atomic E-state index is 6.02. The van der Waals surface area contributed by atoms with Crippen molar-refractivity contribution >= 4 is 17.5 Å². The number of aryl methyl sites for hydroxylation is 1. The van der Waals surface area contributed by atoms with Gasteiger partial charge in [-0.15, -0.1) is 11.6 Å². The fraction of sp³-hybridized carbons (Fsp3) is 0.692. The molecule has 1 aliphatic carbocycles. The summed E-state index contributed by atoms with van der Waals surface area (Å²) in [6.07, 6.45) is 8.88. The molecule has 4 heteroatoms. The van der Waals surface area contributed by atoms with Crippen LogP contribution in [-0.2, 0) is 0 Å². The van der Waals surface area contributed by atoms with E-state index in [1.54, 1.807) is 0 Å². The first-order chi connectivity index (χ1) is 8.29. The van der Waals surface area contributed by atoms with Crippen LogP contribution in [0.2, 0.25) is 0 Å². The first kappa shape index (κ1) is 12.6. The summed E-state index contributed by atoms with van der Waals surface area (Å²) in [4.78, 5) is 8.52. The van der Waals surface area contributed by atoms with Gasteiger partial charge in [0.05, 0.1) is 0 Å². The molecule has 1 heterocycles. The quantitative estimate of drug-likeness (QED) is 0.838. The number of hydrogen-bond donors (Lipinski definition) is 1. The third-order valence-electron chi connectivity index (χ3n) is 3.57. The van der Waals surface area contributed by atoms with Gasteiger partial charge in [0.2, 0.25) is 5.95 Å². The van der Waals surface area contributed by atoms with Crippen molar-refractivity contribution in [3.8, 4) is 0 Å². The largest absolute Gasteiger partial charge is 0.354 e. The number of nitrogens with one attached hydrogen (secondary N) is 1. The number of alkyl halides is 1. The van der Waals surface area contributed by atoms with Crippen molar-refractivity contribution in [1.29, 1.82) is 0 Å². The van der Waals surface area contributed by atoms with Crippen LogP contribution >= 0.6 is 11.6 Å². The normalized spacial score (nSPS) is 24.6.